The standard InChI is InChI=1S/C6H7ClN2O/c7-5-1-4(2-8)9-3-6(5)10/h1,3,10H,2,8H2. The van der Waals surface area contributed by atoms with Crippen LogP contribution in [0.2, 0.25) is 5.02 Å². The van der Waals surface area contributed by atoms with E-state index >= 15 is 0 Å². The summed E-state index contributed by atoms with van der Waals surface area (Å²) in [5, 5.41) is 9.19. The first-order valence-corrected chi connectivity index (χ1v) is 3.15. The van der Waals surface area contributed by atoms with Crippen LogP contribution in [0.4, 0.5) is 0 Å². The molecule has 4 heteroatoms. The van der Waals surface area contributed by atoms with Crippen LogP contribution >= 0.6 is 11.6 Å². The lowest BCUT2D eigenvalue weighted by Crippen LogP contribution is -1.98. The van der Waals surface area contributed by atoms with Gasteiger partial charge in [0, 0.05) is 6.54 Å². The molecule has 0 aliphatic heterocycles. The zero-order valence-corrected chi connectivity index (χ0v) is 5.97. The third-order valence-electron chi connectivity index (χ3n) is 1.10. The molecule has 0 aliphatic carbocycles. The topological polar surface area (TPSA) is 59.1 Å². The molecular weight excluding hydrogens is 152 g/mol. The normalized spacial score (nSPS) is 9.80. The van der Waals surface area contributed by atoms with Gasteiger partial charge in [-0.3, -0.25) is 4.98 Å². The molecule has 0 bridgehead atoms. The summed E-state index contributed by atoms with van der Waals surface area (Å²) in [6.07, 6.45) is 1.28. The highest BCUT2D eigenvalue weighted by Gasteiger charge is 1.98. The Kier molecular flexibility index (Phi) is 2.09. The molecule has 0 atom stereocenters. The zero-order valence-electron chi connectivity index (χ0n) is 5.21. The highest BCUT2D eigenvalue weighted by Crippen LogP contribution is 2.21. The molecule has 10 heavy (non-hydrogen) atoms. The fourth-order valence-electron chi connectivity index (χ4n) is 0.575. The number of halogens is 1. The summed E-state index contributed by atoms with van der Waals surface area (Å²) in [5.74, 6) is -0.0149. The molecule has 1 heterocycles. The van der Waals surface area contributed by atoms with Gasteiger partial charge in [0.05, 0.1) is 16.9 Å². The van der Waals surface area contributed by atoms with E-state index in [9.17, 15) is 0 Å². The van der Waals surface area contributed by atoms with Crippen molar-refractivity contribution in [2.75, 3.05) is 0 Å². The lowest BCUT2D eigenvalue weighted by molar-refractivity contribution is 0.472. The second-order valence-electron chi connectivity index (χ2n) is 1.83. The van der Waals surface area contributed by atoms with Crippen LogP contribution in [0, 0.1) is 0 Å². The molecule has 0 fully saturated rings. The third kappa shape index (κ3) is 1.37. The number of pyridine rings is 1. The molecule has 0 spiro atoms. The lowest BCUT2D eigenvalue weighted by Gasteiger charge is -1.97. The molecule has 0 saturated carbocycles. The number of hydrogen-bond acceptors (Lipinski definition) is 3. The number of aromatic nitrogens is 1. The van der Waals surface area contributed by atoms with Gasteiger partial charge in [0.25, 0.3) is 0 Å². The van der Waals surface area contributed by atoms with E-state index in [1.165, 1.54) is 12.3 Å². The van der Waals surface area contributed by atoms with Crippen LogP contribution in [0.15, 0.2) is 12.3 Å². The highest BCUT2D eigenvalue weighted by atomic mass is 35.5. The Labute approximate surface area is 63.5 Å². The van der Waals surface area contributed by atoms with Gasteiger partial charge in [0.15, 0.2) is 5.75 Å². The van der Waals surface area contributed by atoms with E-state index < -0.39 is 0 Å². The number of hydrogen-bond donors (Lipinski definition) is 2. The van der Waals surface area contributed by atoms with Crippen LogP contribution in [0.1, 0.15) is 5.69 Å². The molecule has 54 valence electrons. The summed E-state index contributed by atoms with van der Waals surface area (Å²) in [5.41, 5.74) is 5.94. The van der Waals surface area contributed by atoms with Crippen molar-refractivity contribution in [3.8, 4) is 5.75 Å². The number of rotatable bonds is 1. The van der Waals surface area contributed by atoms with E-state index in [2.05, 4.69) is 4.98 Å². The van der Waals surface area contributed by atoms with Gasteiger partial charge in [-0.15, -0.1) is 0 Å². The summed E-state index contributed by atoms with van der Waals surface area (Å²) in [6.45, 7) is 0.333. The summed E-state index contributed by atoms with van der Waals surface area (Å²) < 4.78 is 0. The lowest BCUT2D eigenvalue weighted by atomic mass is 10.3. The minimum absolute atomic E-state index is 0.0149. The van der Waals surface area contributed by atoms with E-state index in [1.807, 2.05) is 0 Å². The van der Waals surface area contributed by atoms with Crippen molar-refractivity contribution >= 4 is 11.6 Å². The van der Waals surface area contributed by atoms with Crippen LogP contribution in [0.3, 0.4) is 0 Å². The monoisotopic (exact) mass is 158 g/mol. The van der Waals surface area contributed by atoms with Crippen molar-refractivity contribution in [3.63, 3.8) is 0 Å². The maximum Gasteiger partial charge on any atom is 0.152 e. The van der Waals surface area contributed by atoms with Gasteiger partial charge in [0.1, 0.15) is 0 Å². The van der Waals surface area contributed by atoms with E-state index in [1.54, 1.807) is 0 Å². The molecule has 1 aromatic heterocycles. The molecule has 0 amide bonds. The molecule has 1 aromatic rings. The number of nitrogens with zero attached hydrogens (tertiary/aromatic N) is 1. The Morgan fingerprint density at radius 2 is 2.40 bits per heavy atom. The average Bonchev–Trinajstić information content (AvgIpc) is 1.95. The second kappa shape index (κ2) is 2.86. The minimum Gasteiger partial charge on any atom is -0.505 e. The van der Waals surface area contributed by atoms with Crippen LogP contribution < -0.4 is 5.73 Å². The summed E-state index contributed by atoms with van der Waals surface area (Å²) in [6, 6.07) is 1.54. The SMILES string of the molecule is NCc1cc(Cl)c(O)cn1. The first-order valence-electron chi connectivity index (χ1n) is 2.77. The van der Waals surface area contributed by atoms with Crippen molar-refractivity contribution in [3.05, 3.63) is 23.0 Å². The predicted octanol–water partition coefficient (Wildman–Crippen LogP) is 0.899. The zero-order chi connectivity index (χ0) is 7.56. The maximum absolute atomic E-state index is 8.90. The van der Waals surface area contributed by atoms with Crippen LogP contribution in [-0.2, 0) is 6.54 Å². The van der Waals surface area contributed by atoms with Gasteiger partial charge < -0.3 is 10.8 Å². The summed E-state index contributed by atoms with van der Waals surface area (Å²) >= 11 is 5.55. The predicted molar refractivity (Wildman–Crippen MR) is 38.8 cm³/mol. The van der Waals surface area contributed by atoms with Crippen molar-refractivity contribution in [2.24, 2.45) is 5.73 Å². The van der Waals surface area contributed by atoms with Gasteiger partial charge in [-0.1, -0.05) is 11.6 Å². The van der Waals surface area contributed by atoms with Crippen molar-refractivity contribution in [2.45, 2.75) is 6.54 Å². The van der Waals surface area contributed by atoms with Crippen LogP contribution in [0.25, 0.3) is 0 Å². The van der Waals surface area contributed by atoms with E-state index in [4.69, 9.17) is 22.4 Å². The molecule has 0 unspecified atom stereocenters. The average molecular weight is 159 g/mol. The van der Waals surface area contributed by atoms with Crippen molar-refractivity contribution in [1.82, 2.24) is 4.98 Å². The largest absolute Gasteiger partial charge is 0.505 e. The third-order valence-corrected chi connectivity index (χ3v) is 1.40. The van der Waals surface area contributed by atoms with Crippen molar-refractivity contribution in [1.29, 1.82) is 0 Å². The van der Waals surface area contributed by atoms with Crippen LogP contribution in [0.5, 0.6) is 5.75 Å². The molecule has 0 saturated heterocycles. The van der Waals surface area contributed by atoms with Gasteiger partial charge in [-0.25, -0.2) is 0 Å². The van der Waals surface area contributed by atoms with E-state index in [-0.39, 0.29) is 10.8 Å². The first-order chi connectivity index (χ1) is 4.74. The molecular formula is C6H7ClN2O. The van der Waals surface area contributed by atoms with Crippen molar-refractivity contribution < 1.29 is 5.11 Å². The van der Waals surface area contributed by atoms with E-state index in [0.29, 0.717) is 12.2 Å². The Bertz CT molecular complexity index is 239. The molecule has 1 rings (SSSR count). The quantitative estimate of drug-likeness (QED) is 0.639. The number of nitrogens with two attached hydrogens (primary N) is 1. The van der Waals surface area contributed by atoms with Gasteiger partial charge in [-0.2, -0.15) is 0 Å². The van der Waals surface area contributed by atoms with Crippen LogP contribution in [-0.4, -0.2) is 10.1 Å². The summed E-state index contributed by atoms with van der Waals surface area (Å²) in [7, 11) is 0. The smallest absolute Gasteiger partial charge is 0.152 e. The summed E-state index contributed by atoms with van der Waals surface area (Å²) in [4.78, 5) is 3.80. The minimum atomic E-state index is -0.0149. The number of aromatic hydroxyl groups is 1. The highest BCUT2D eigenvalue weighted by molar-refractivity contribution is 6.31. The fraction of sp³-hybridized carbons (Fsp3) is 0.167. The Morgan fingerprint density at radius 3 is 2.90 bits per heavy atom. The molecule has 3 N–H and O–H groups in total. The molecule has 0 aromatic carbocycles. The molecule has 3 nitrogen and oxygen atoms in total. The molecule has 0 radical (unpaired) electrons. The second-order valence-corrected chi connectivity index (χ2v) is 2.24. The van der Waals surface area contributed by atoms with Gasteiger partial charge in [-0.05, 0) is 6.07 Å². The van der Waals surface area contributed by atoms with Gasteiger partial charge in [0.2, 0.25) is 0 Å². The van der Waals surface area contributed by atoms with E-state index in [0.717, 1.165) is 0 Å². The Balaban J connectivity index is 3.04. The first kappa shape index (κ1) is 7.31. The van der Waals surface area contributed by atoms with Gasteiger partial charge >= 0.3 is 0 Å². The maximum atomic E-state index is 8.90. The Hall–Kier alpha value is -0.800. The Morgan fingerprint density at radius 1 is 1.70 bits per heavy atom. The fourth-order valence-corrected chi connectivity index (χ4v) is 0.750. The molecule has 0 aliphatic rings.